The smallest absolute Gasteiger partial charge is 0.0708 e. The van der Waals surface area contributed by atoms with E-state index in [-0.39, 0.29) is 5.60 Å². The monoisotopic (exact) mass is 265 g/mol. The molecule has 100 valence electrons. The van der Waals surface area contributed by atoms with Crippen molar-refractivity contribution in [1.29, 1.82) is 0 Å². The van der Waals surface area contributed by atoms with E-state index in [9.17, 15) is 0 Å². The number of ether oxygens (including phenoxy) is 1. The predicted octanol–water partition coefficient (Wildman–Crippen LogP) is 3.89. The van der Waals surface area contributed by atoms with E-state index in [1.807, 2.05) is 11.3 Å². The molecule has 1 aromatic heterocycles. The van der Waals surface area contributed by atoms with Gasteiger partial charge >= 0.3 is 0 Å². The third-order valence-electron chi connectivity index (χ3n) is 4.48. The molecule has 1 saturated carbocycles. The summed E-state index contributed by atoms with van der Waals surface area (Å²) in [6.45, 7) is 3.24. The summed E-state index contributed by atoms with van der Waals surface area (Å²) in [5, 5.41) is 5.76. The largest absolute Gasteiger partial charge is 0.370 e. The molecule has 1 aromatic rings. The highest BCUT2D eigenvalue weighted by molar-refractivity contribution is 7.10. The topological polar surface area (TPSA) is 21.3 Å². The van der Waals surface area contributed by atoms with Gasteiger partial charge in [0.15, 0.2) is 0 Å². The third kappa shape index (κ3) is 2.63. The van der Waals surface area contributed by atoms with Crippen LogP contribution in [0.2, 0.25) is 0 Å². The molecule has 2 fully saturated rings. The van der Waals surface area contributed by atoms with Gasteiger partial charge in [0.05, 0.1) is 11.7 Å². The van der Waals surface area contributed by atoms with Gasteiger partial charge in [-0.05, 0) is 44.1 Å². The van der Waals surface area contributed by atoms with Gasteiger partial charge in [0.25, 0.3) is 0 Å². The molecule has 2 nitrogen and oxygen atoms in total. The summed E-state index contributed by atoms with van der Waals surface area (Å²) in [7, 11) is 0. The Morgan fingerprint density at radius 2 is 2.28 bits per heavy atom. The van der Waals surface area contributed by atoms with Crippen molar-refractivity contribution in [2.24, 2.45) is 0 Å². The van der Waals surface area contributed by atoms with Crippen molar-refractivity contribution in [2.75, 3.05) is 6.54 Å². The molecule has 0 radical (unpaired) electrons. The number of hydrogen-bond acceptors (Lipinski definition) is 3. The van der Waals surface area contributed by atoms with E-state index < -0.39 is 0 Å². The zero-order valence-corrected chi connectivity index (χ0v) is 12.0. The van der Waals surface area contributed by atoms with Crippen LogP contribution in [0.3, 0.4) is 0 Å². The first kappa shape index (κ1) is 12.6. The Labute approximate surface area is 114 Å². The van der Waals surface area contributed by atoms with Crippen LogP contribution < -0.4 is 5.32 Å². The zero-order valence-electron chi connectivity index (χ0n) is 11.2. The van der Waals surface area contributed by atoms with Gasteiger partial charge in [0, 0.05) is 17.5 Å². The first-order valence-electron chi connectivity index (χ1n) is 7.22. The second-order valence-electron chi connectivity index (χ2n) is 5.81. The normalized spacial score (nSPS) is 27.9. The molecule has 0 aromatic carbocycles. The fourth-order valence-corrected chi connectivity index (χ4v) is 4.13. The lowest BCUT2D eigenvalue weighted by Gasteiger charge is -2.24. The van der Waals surface area contributed by atoms with Crippen LogP contribution >= 0.6 is 11.3 Å². The molecule has 18 heavy (non-hydrogen) atoms. The summed E-state index contributed by atoms with van der Waals surface area (Å²) in [6, 6.07) is 4.78. The Bertz CT molecular complexity index is 370. The highest BCUT2D eigenvalue weighted by Crippen LogP contribution is 2.43. The highest BCUT2D eigenvalue weighted by atomic mass is 32.1. The van der Waals surface area contributed by atoms with E-state index in [0.29, 0.717) is 12.1 Å². The van der Waals surface area contributed by atoms with Crippen LogP contribution in [0.5, 0.6) is 0 Å². The van der Waals surface area contributed by atoms with Gasteiger partial charge in [0.2, 0.25) is 0 Å². The second-order valence-corrected chi connectivity index (χ2v) is 6.79. The van der Waals surface area contributed by atoms with E-state index >= 15 is 0 Å². The number of thiophene rings is 1. The van der Waals surface area contributed by atoms with Crippen molar-refractivity contribution >= 4 is 11.3 Å². The van der Waals surface area contributed by atoms with E-state index in [1.165, 1.54) is 43.4 Å². The minimum atomic E-state index is 0.276. The summed E-state index contributed by atoms with van der Waals surface area (Å²) in [5.74, 6) is 0. The number of rotatable bonds is 4. The summed E-state index contributed by atoms with van der Waals surface area (Å²) >= 11 is 1.83. The maximum Gasteiger partial charge on any atom is 0.0708 e. The summed E-state index contributed by atoms with van der Waals surface area (Å²) < 4.78 is 6.32. The molecule has 1 spiro atoms. The molecule has 2 atom stereocenters. The van der Waals surface area contributed by atoms with Gasteiger partial charge in [-0.15, -0.1) is 11.3 Å². The van der Waals surface area contributed by atoms with E-state index in [1.54, 1.807) is 0 Å². The quantitative estimate of drug-likeness (QED) is 0.891. The Hall–Kier alpha value is -0.380. The average Bonchev–Trinajstić information content (AvgIpc) is 3.09. The SMILES string of the molecule is C[C@@H](NCC1CCC2(CCCC2)O1)c1cccs1. The molecular formula is C15H23NOS. The van der Waals surface area contributed by atoms with Crippen molar-refractivity contribution in [3.63, 3.8) is 0 Å². The molecule has 0 bridgehead atoms. The van der Waals surface area contributed by atoms with Gasteiger partial charge in [-0.3, -0.25) is 0 Å². The summed E-state index contributed by atoms with van der Waals surface area (Å²) in [6.07, 6.45) is 8.29. The van der Waals surface area contributed by atoms with E-state index in [4.69, 9.17) is 4.74 Å². The van der Waals surface area contributed by atoms with E-state index in [2.05, 4.69) is 29.8 Å². The maximum absolute atomic E-state index is 6.32. The first-order valence-corrected chi connectivity index (χ1v) is 8.10. The van der Waals surface area contributed by atoms with Gasteiger partial charge < -0.3 is 10.1 Å². The maximum atomic E-state index is 6.32. The number of nitrogens with one attached hydrogen (secondary N) is 1. The van der Waals surface area contributed by atoms with Crippen molar-refractivity contribution in [2.45, 2.75) is 63.2 Å². The zero-order chi connectivity index (χ0) is 12.4. The molecule has 2 heterocycles. The van der Waals surface area contributed by atoms with Gasteiger partial charge in [0.1, 0.15) is 0 Å². The minimum absolute atomic E-state index is 0.276. The van der Waals surface area contributed by atoms with Crippen molar-refractivity contribution in [3.05, 3.63) is 22.4 Å². The second kappa shape index (κ2) is 5.32. The molecule has 1 N–H and O–H groups in total. The molecule has 3 rings (SSSR count). The lowest BCUT2D eigenvalue weighted by Crippen LogP contribution is -2.32. The Kier molecular flexibility index (Phi) is 3.73. The highest BCUT2D eigenvalue weighted by Gasteiger charge is 2.41. The Morgan fingerprint density at radius 1 is 1.44 bits per heavy atom. The Balaban J connectivity index is 1.47. The molecule has 2 aliphatic rings. The molecule has 3 heteroatoms. The molecular weight excluding hydrogens is 242 g/mol. The van der Waals surface area contributed by atoms with Crippen LogP contribution in [0.4, 0.5) is 0 Å². The minimum Gasteiger partial charge on any atom is -0.370 e. The summed E-state index contributed by atoms with van der Waals surface area (Å²) in [5.41, 5.74) is 0.276. The van der Waals surface area contributed by atoms with Crippen LogP contribution in [0.15, 0.2) is 17.5 Å². The first-order chi connectivity index (χ1) is 8.77. The van der Waals surface area contributed by atoms with Crippen LogP contribution in [-0.2, 0) is 4.74 Å². The number of hydrogen-bond donors (Lipinski definition) is 1. The van der Waals surface area contributed by atoms with Crippen LogP contribution in [0, 0.1) is 0 Å². The lowest BCUT2D eigenvalue weighted by atomic mass is 9.98. The van der Waals surface area contributed by atoms with Gasteiger partial charge in [-0.1, -0.05) is 18.9 Å². The van der Waals surface area contributed by atoms with Crippen molar-refractivity contribution < 1.29 is 4.74 Å². The Morgan fingerprint density at radius 3 is 3.00 bits per heavy atom. The fraction of sp³-hybridized carbons (Fsp3) is 0.733. The average molecular weight is 265 g/mol. The molecule has 1 unspecified atom stereocenters. The lowest BCUT2D eigenvalue weighted by molar-refractivity contribution is -0.0357. The standard InChI is InChI=1S/C15H23NOS/c1-12(14-5-4-10-18-14)16-11-13-6-9-15(17-13)7-2-3-8-15/h4-5,10,12-13,16H,2-3,6-9,11H2,1H3/t12-,13?/m1/s1. The van der Waals surface area contributed by atoms with E-state index in [0.717, 1.165) is 6.54 Å². The fourth-order valence-electron chi connectivity index (χ4n) is 3.37. The van der Waals surface area contributed by atoms with Gasteiger partial charge in [-0.2, -0.15) is 0 Å². The molecule has 0 amide bonds. The van der Waals surface area contributed by atoms with Crippen molar-refractivity contribution in [3.8, 4) is 0 Å². The van der Waals surface area contributed by atoms with Crippen LogP contribution in [0.25, 0.3) is 0 Å². The van der Waals surface area contributed by atoms with Crippen LogP contribution in [0.1, 0.15) is 56.4 Å². The predicted molar refractivity (Wildman–Crippen MR) is 76.0 cm³/mol. The van der Waals surface area contributed by atoms with Crippen molar-refractivity contribution in [1.82, 2.24) is 5.32 Å². The van der Waals surface area contributed by atoms with Gasteiger partial charge in [-0.25, -0.2) is 0 Å². The van der Waals surface area contributed by atoms with Crippen LogP contribution in [-0.4, -0.2) is 18.2 Å². The third-order valence-corrected chi connectivity index (χ3v) is 5.53. The molecule has 1 saturated heterocycles. The molecule has 1 aliphatic heterocycles. The molecule has 1 aliphatic carbocycles. The summed E-state index contributed by atoms with van der Waals surface area (Å²) in [4.78, 5) is 1.42.